The molecule has 0 bridgehead atoms. The molecule has 1 aliphatic rings. The van der Waals surface area contributed by atoms with Gasteiger partial charge in [-0.05, 0) is 11.6 Å². The first-order chi connectivity index (χ1) is 11.2. The van der Waals surface area contributed by atoms with Crippen LogP contribution in [0.1, 0.15) is 11.1 Å². The molecule has 1 atom stereocenters. The minimum atomic E-state index is -0.399. The highest BCUT2D eigenvalue weighted by atomic mass is 16.2. The Bertz CT molecular complexity index is 909. The number of carbonyl (C=O) groups is 1. The summed E-state index contributed by atoms with van der Waals surface area (Å²) >= 11 is 0. The fourth-order valence-electron chi connectivity index (χ4n) is 3.12. The second-order valence-electron chi connectivity index (χ2n) is 5.81. The topological polar surface area (TPSA) is 46.4 Å². The molecule has 1 unspecified atom stereocenters. The van der Waals surface area contributed by atoms with Gasteiger partial charge in [0, 0.05) is 30.6 Å². The molecule has 1 aromatic heterocycles. The van der Waals surface area contributed by atoms with Crippen LogP contribution in [-0.4, -0.2) is 22.7 Å². The first-order valence-corrected chi connectivity index (χ1v) is 7.69. The molecule has 0 aliphatic carbocycles. The van der Waals surface area contributed by atoms with Crippen LogP contribution in [-0.2, 0) is 18.3 Å². The summed E-state index contributed by atoms with van der Waals surface area (Å²) < 4.78 is 2.01. The van der Waals surface area contributed by atoms with Crippen LogP contribution in [0.15, 0.2) is 59.6 Å². The fraction of sp³-hybridized carbons (Fsp3) is 0.158. The summed E-state index contributed by atoms with van der Waals surface area (Å²) in [7, 11) is 1.97. The van der Waals surface area contributed by atoms with Crippen LogP contribution in [0.25, 0.3) is 10.9 Å². The summed E-state index contributed by atoms with van der Waals surface area (Å²) in [6, 6.07) is 17.7. The van der Waals surface area contributed by atoms with Gasteiger partial charge in [-0.25, -0.2) is 0 Å². The zero-order chi connectivity index (χ0) is 15.8. The predicted molar refractivity (Wildman–Crippen MR) is 93.1 cm³/mol. The molecule has 4 heteroatoms. The lowest BCUT2D eigenvalue weighted by atomic mass is 10.1. The van der Waals surface area contributed by atoms with Crippen molar-refractivity contribution < 1.29 is 4.79 Å². The number of nitrogens with one attached hydrogen (secondary N) is 1. The number of amides is 1. The minimum absolute atomic E-state index is 0.0604. The molecule has 1 aliphatic heterocycles. The largest absolute Gasteiger partial charge is 0.330 e. The lowest BCUT2D eigenvalue weighted by molar-refractivity contribution is -0.117. The summed E-state index contributed by atoms with van der Waals surface area (Å²) in [5.74, 6) is 0.755. The molecule has 0 saturated heterocycles. The molecule has 2 aromatic carbocycles. The molecule has 0 fully saturated rings. The summed E-state index contributed by atoms with van der Waals surface area (Å²) in [6.07, 6.45) is 2.44. The number of benzene rings is 2. The molecule has 4 nitrogen and oxygen atoms in total. The Balaban J connectivity index is 1.74. The number of hydrogen-bond acceptors (Lipinski definition) is 2. The Morgan fingerprint density at radius 1 is 1.09 bits per heavy atom. The molecule has 1 N–H and O–H groups in total. The van der Waals surface area contributed by atoms with Crippen molar-refractivity contribution in [3.8, 4) is 0 Å². The number of rotatable bonds is 2. The van der Waals surface area contributed by atoms with Gasteiger partial charge in [-0.2, -0.15) is 0 Å². The van der Waals surface area contributed by atoms with Gasteiger partial charge < -0.3 is 9.88 Å². The van der Waals surface area contributed by atoms with E-state index in [9.17, 15) is 4.79 Å². The zero-order valence-corrected chi connectivity index (χ0v) is 12.9. The SMILES string of the molecule is Cn1c2c(c3ccccc31)C=NC(Cc1ccccc1)C(=O)N2. The van der Waals surface area contributed by atoms with E-state index < -0.39 is 6.04 Å². The van der Waals surface area contributed by atoms with Crippen molar-refractivity contribution >= 4 is 28.8 Å². The van der Waals surface area contributed by atoms with E-state index in [-0.39, 0.29) is 5.91 Å². The highest BCUT2D eigenvalue weighted by Gasteiger charge is 2.24. The Morgan fingerprint density at radius 2 is 1.83 bits per heavy atom. The summed E-state index contributed by atoms with van der Waals surface area (Å²) in [5.41, 5.74) is 3.18. The standard InChI is InChI=1S/C19H17N3O/c1-22-17-10-6-5-9-14(17)15-12-20-16(19(23)21-18(15)22)11-13-7-3-2-4-8-13/h2-10,12,16H,11H2,1H3,(H,21,23). The molecule has 0 spiro atoms. The minimum Gasteiger partial charge on any atom is -0.330 e. The van der Waals surface area contributed by atoms with Crippen LogP contribution in [0.3, 0.4) is 0 Å². The molecule has 0 radical (unpaired) electrons. The van der Waals surface area contributed by atoms with Crippen molar-refractivity contribution in [2.45, 2.75) is 12.5 Å². The summed E-state index contributed by atoms with van der Waals surface area (Å²) in [4.78, 5) is 17.1. The molecule has 3 aromatic rings. The van der Waals surface area contributed by atoms with Gasteiger partial charge in [-0.3, -0.25) is 9.79 Å². The predicted octanol–water partition coefficient (Wildman–Crippen LogP) is 3.16. The Morgan fingerprint density at radius 3 is 2.65 bits per heavy atom. The normalized spacial score (nSPS) is 16.9. The van der Waals surface area contributed by atoms with Crippen molar-refractivity contribution in [3.63, 3.8) is 0 Å². The van der Waals surface area contributed by atoms with Crippen molar-refractivity contribution in [2.75, 3.05) is 5.32 Å². The molecule has 23 heavy (non-hydrogen) atoms. The smallest absolute Gasteiger partial charge is 0.250 e. The van der Waals surface area contributed by atoms with E-state index in [1.54, 1.807) is 0 Å². The van der Waals surface area contributed by atoms with Gasteiger partial charge >= 0.3 is 0 Å². The van der Waals surface area contributed by atoms with Crippen molar-refractivity contribution in [3.05, 3.63) is 65.7 Å². The van der Waals surface area contributed by atoms with Gasteiger partial charge in [-0.1, -0.05) is 48.5 Å². The molecular weight excluding hydrogens is 286 g/mol. The van der Waals surface area contributed by atoms with E-state index in [1.807, 2.05) is 66.4 Å². The van der Waals surface area contributed by atoms with E-state index in [1.165, 1.54) is 0 Å². The van der Waals surface area contributed by atoms with Gasteiger partial charge in [0.2, 0.25) is 0 Å². The molecule has 114 valence electrons. The average molecular weight is 303 g/mol. The third kappa shape index (κ3) is 2.32. The number of para-hydroxylation sites is 1. The van der Waals surface area contributed by atoms with Crippen LogP contribution in [0.4, 0.5) is 5.82 Å². The third-order valence-electron chi connectivity index (χ3n) is 4.35. The number of nitrogens with zero attached hydrogens (tertiary/aromatic N) is 2. The number of carbonyl (C=O) groups excluding carboxylic acids is 1. The maximum Gasteiger partial charge on any atom is 0.250 e. The second kappa shape index (κ2) is 5.39. The Kier molecular flexibility index (Phi) is 3.23. The maximum atomic E-state index is 12.6. The number of hydrogen-bond donors (Lipinski definition) is 1. The third-order valence-corrected chi connectivity index (χ3v) is 4.35. The number of fused-ring (bicyclic) bond motifs is 3. The first-order valence-electron chi connectivity index (χ1n) is 7.69. The van der Waals surface area contributed by atoms with E-state index in [0.29, 0.717) is 6.42 Å². The van der Waals surface area contributed by atoms with E-state index in [2.05, 4.69) is 16.4 Å². The number of aliphatic imine (C=N–C) groups is 1. The first kappa shape index (κ1) is 13.8. The quantitative estimate of drug-likeness (QED) is 0.776. The van der Waals surface area contributed by atoms with Crippen molar-refractivity contribution in [1.82, 2.24) is 4.57 Å². The van der Waals surface area contributed by atoms with Gasteiger partial charge in [0.1, 0.15) is 11.9 Å². The van der Waals surface area contributed by atoms with Crippen LogP contribution in [0.5, 0.6) is 0 Å². The molecule has 2 heterocycles. The molecular formula is C19H17N3O. The highest BCUT2D eigenvalue weighted by Crippen LogP contribution is 2.29. The van der Waals surface area contributed by atoms with Crippen LogP contribution >= 0.6 is 0 Å². The fourth-order valence-corrected chi connectivity index (χ4v) is 3.12. The van der Waals surface area contributed by atoms with Crippen LogP contribution in [0.2, 0.25) is 0 Å². The summed E-state index contributed by atoms with van der Waals surface area (Å²) in [5, 5.41) is 4.16. The van der Waals surface area contributed by atoms with E-state index in [4.69, 9.17) is 0 Å². The van der Waals surface area contributed by atoms with Gasteiger partial charge in [-0.15, -0.1) is 0 Å². The monoisotopic (exact) mass is 303 g/mol. The van der Waals surface area contributed by atoms with Crippen molar-refractivity contribution in [1.29, 1.82) is 0 Å². The number of aromatic nitrogens is 1. The number of anilines is 1. The summed E-state index contributed by atoms with van der Waals surface area (Å²) in [6.45, 7) is 0. The lowest BCUT2D eigenvalue weighted by Crippen LogP contribution is -2.28. The van der Waals surface area contributed by atoms with Gasteiger partial charge in [0.25, 0.3) is 5.91 Å². The van der Waals surface area contributed by atoms with Gasteiger partial charge in [0.05, 0.1) is 5.52 Å². The lowest BCUT2D eigenvalue weighted by Gasteiger charge is -2.11. The molecule has 4 rings (SSSR count). The average Bonchev–Trinajstić information content (AvgIpc) is 2.74. The van der Waals surface area contributed by atoms with Crippen LogP contribution < -0.4 is 5.32 Å². The van der Waals surface area contributed by atoms with Gasteiger partial charge in [0.15, 0.2) is 0 Å². The zero-order valence-electron chi connectivity index (χ0n) is 12.9. The molecule has 0 saturated carbocycles. The number of aryl methyl sites for hydroxylation is 1. The second-order valence-corrected chi connectivity index (χ2v) is 5.81. The maximum absolute atomic E-state index is 12.6. The Hall–Kier alpha value is -2.88. The van der Waals surface area contributed by atoms with E-state index in [0.717, 1.165) is 27.8 Å². The van der Waals surface area contributed by atoms with E-state index >= 15 is 0 Å². The highest BCUT2D eigenvalue weighted by molar-refractivity contribution is 6.11. The Labute approximate surface area is 134 Å². The molecule has 1 amide bonds. The van der Waals surface area contributed by atoms with Crippen molar-refractivity contribution in [2.24, 2.45) is 12.0 Å². The van der Waals surface area contributed by atoms with Crippen LogP contribution in [0, 0.1) is 0 Å².